The van der Waals surface area contributed by atoms with Crippen LogP contribution in [0.25, 0.3) is 0 Å². The van der Waals surface area contributed by atoms with Gasteiger partial charge in [0.1, 0.15) is 6.61 Å². The molecule has 0 fully saturated rings. The molecule has 30 heavy (non-hydrogen) atoms. The van der Waals surface area contributed by atoms with Gasteiger partial charge in [0, 0.05) is 5.56 Å². The summed E-state index contributed by atoms with van der Waals surface area (Å²) in [6, 6.07) is 25.5. The third-order valence-corrected chi connectivity index (χ3v) is 5.22. The molecule has 0 aliphatic carbocycles. The number of anilines is 1. The molecular weight excluding hydrogens is 378 g/mol. The summed E-state index contributed by atoms with van der Waals surface area (Å²) in [4.78, 5) is 27.5. The van der Waals surface area contributed by atoms with Gasteiger partial charge in [-0.1, -0.05) is 85.4 Å². The van der Waals surface area contributed by atoms with Gasteiger partial charge in [-0.2, -0.15) is 0 Å². The fraction of sp³-hybridized carbons (Fsp3) is 0.120. The minimum atomic E-state index is -2.17. The van der Waals surface area contributed by atoms with Crippen molar-refractivity contribution in [3.63, 3.8) is 0 Å². The monoisotopic (exact) mass is 399 g/mol. The van der Waals surface area contributed by atoms with Crippen molar-refractivity contribution < 1.29 is 19.4 Å². The first-order valence-electron chi connectivity index (χ1n) is 9.60. The molecule has 5 heteroatoms. The summed E-state index contributed by atoms with van der Waals surface area (Å²) in [5.41, 5.74) is 0.112. The number of para-hydroxylation sites is 1. The maximum absolute atomic E-state index is 13.3. The minimum absolute atomic E-state index is 0.0261. The van der Waals surface area contributed by atoms with Gasteiger partial charge in [-0.15, -0.1) is 0 Å². The minimum Gasteiger partial charge on any atom is -0.457 e. The van der Waals surface area contributed by atoms with Crippen molar-refractivity contribution in [2.24, 2.45) is 0 Å². The highest BCUT2D eigenvalue weighted by Crippen LogP contribution is 2.45. The van der Waals surface area contributed by atoms with Gasteiger partial charge in [0.2, 0.25) is 5.60 Å². The van der Waals surface area contributed by atoms with Crippen LogP contribution in [0.5, 0.6) is 0 Å². The molecule has 1 heterocycles. The largest absolute Gasteiger partial charge is 0.457 e. The zero-order valence-corrected chi connectivity index (χ0v) is 16.3. The van der Waals surface area contributed by atoms with Crippen molar-refractivity contribution in [3.8, 4) is 0 Å². The summed E-state index contributed by atoms with van der Waals surface area (Å²) in [7, 11) is 0. The number of hydrogen-bond acceptors (Lipinski definition) is 4. The molecule has 0 radical (unpaired) electrons. The Balaban J connectivity index is 1.61. The Kier molecular flexibility index (Phi) is 5.21. The van der Waals surface area contributed by atoms with Crippen molar-refractivity contribution in [2.75, 3.05) is 4.90 Å². The molecule has 0 bridgehead atoms. The van der Waals surface area contributed by atoms with Gasteiger partial charge in [-0.25, -0.2) is 4.79 Å². The van der Waals surface area contributed by atoms with Crippen molar-refractivity contribution in [3.05, 3.63) is 114 Å². The Bertz CT molecular complexity index is 1090. The SMILES string of the molecule is C=C(C(=O)OCc1ccccc1)[C@@]1(O)C(=O)N(Cc2ccccc2)c2ccccc21. The molecular formula is C25H21NO4. The predicted molar refractivity (Wildman–Crippen MR) is 113 cm³/mol. The number of nitrogens with zero attached hydrogens (tertiary/aromatic N) is 1. The van der Waals surface area contributed by atoms with Gasteiger partial charge in [0.15, 0.2) is 0 Å². The maximum atomic E-state index is 13.3. The first kappa shape index (κ1) is 19.6. The molecule has 1 amide bonds. The van der Waals surface area contributed by atoms with E-state index in [1.165, 1.54) is 4.90 Å². The molecule has 3 aromatic rings. The topological polar surface area (TPSA) is 66.8 Å². The van der Waals surface area contributed by atoms with Crippen LogP contribution in [0, 0.1) is 0 Å². The van der Waals surface area contributed by atoms with E-state index in [-0.39, 0.29) is 18.7 Å². The highest BCUT2D eigenvalue weighted by Gasteiger charge is 2.53. The van der Waals surface area contributed by atoms with E-state index in [4.69, 9.17) is 4.74 Å². The van der Waals surface area contributed by atoms with Crippen molar-refractivity contribution in [2.45, 2.75) is 18.8 Å². The van der Waals surface area contributed by atoms with Crippen LogP contribution in [0.3, 0.4) is 0 Å². The van der Waals surface area contributed by atoms with Gasteiger partial charge >= 0.3 is 5.97 Å². The van der Waals surface area contributed by atoms with Crippen LogP contribution in [-0.4, -0.2) is 17.0 Å². The molecule has 0 spiro atoms. The molecule has 1 aliphatic rings. The van der Waals surface area contributed by atoms with E-state index in [1.54, 1.807) is 24.3 Å². The number of aliphatic hydroxyl groups is 1. The zero-order valence-electron chi connectivity index (χ0n) is 16.3. The number of ether oxygens (including phenoxy) is 1. The standard InChI is InChI=1S/C25H21NO4/c1-18(23(27)30-17-20-12-6-3-7-13-20)25(29)21-14-8-9-15-22(21)26(24(25)28)16-19-10-4-2-5-11-19/h2-15,29H,1,16-17H2/t25-/m0/s1. The molecule has 4 rings (SSSR count). The van der Waals surface area contributed by atoms with Crippen LogP contribution < -0.4 is 4.90 Å². The third kappa shape index (κ3) is 3.40. The number of carbonyl (C=O) groups is 2. The van der Waals surface area contributed by atoms with Gasteiger partial charge in [0.05, 0.1) is 17.8 Å². The lowest BCUT2D eigenvalue weighted by Crippen LogP contribution is -2.43. The van der Waals surface area contributed by atoms with E-state index in [0.717, 1.165) is 11.1 Å². The number of carbonyl (C=O) groups excluding carboxylic acids is 2. The summed E-state index contributed by atoms with van der Waals surface area (Å²) in [6.45, 7) is 4.03. The summed E-state index contributed by atoms with van der Waals surface area (Å²) in [5, 5.41) is 11.4. The van der Waals surface area contributed by atoms with Crippen LogP contribution in [0.2, 0.25) is 0 Å². The second kappa shape index (κ2) is 7.97. The van der Waals surface area contributed by atoms with Gasteiger partial charge in [0.25, 0.3) is 5.91 Å². The van der Waals surface area contributed by atoms with Crippen LogP contribution >= 0.6 is 0 Å². The van der Waals surface area contributed by atoms with E-state index >= 15 is 0 Å². The Labute approximate surface area is 174 Å². The lowest BCUT2D eigenvalue weighted by molar-refractivity contribution is -0.147. The van der Waals surface area contributed by atoms with E-state index in [9.17, 15) is 14.7 Å². The second-order valence-corrected chi connectivity index (χ2v) is 7.14. The first-order valence-corrected chi connectivity index (χ1v) is 9.60. The average molecular weight is 399 g/mol. The van der Waals surface area contributed by atoms with E-state index < -0.39 is 17.5 Å². The number of amides is 1. The first-order chi connectivity index (χ1) is 14.5. The van der Waals surface area contributed by atoms with E-state index in [0.29, 0.717) is 11.3 Å². The Morgan fingerprint density at radius 1 is 0.900 bits per heavy atom. The lowest BCUT2D eigenvalue weighted by atomic mass is 9.88. The second-order valence-electron chi connectivity index (χ2n) is 7.14. The highest BCUT2D eigenvalue weighted by atomic mass is 16.5. The Morgan fingerprint density at radius 3 is 2.13 bits per heavy atom. The number of rotatable bonds is 6. The van der Waals surface area contributed by atoms with Crippen LogP contribution in [0.4, 0.5) is 5.69 Å². The summed E-state index contributed by atoms with van der Waals surface area (Å²) < 4.78 is 5.32. The van der Waals surface area contributed by atoms with E-state index in [1.807, 2.05) is 60.7 Å². The summed E-state index contributed by atoms with van der Waals surface area (Å²) in [5.74, 6) is -1.43. The molecule has 0 saturated carbocycles. The zero-order chi connectivity index (χ0) is 21.1. The fourth-order valence-corrected chi connectivity index (χ4v) is 3.61. The Morgan fingerprint density at radius 2 is 1.47 bits per heavy atom. The smallest absolute Gasteiger partial charge is 0.337 e. The van der Waals surface area contributed by atoms with Crippen LogP contribution in [0.15, 0.2) is 97.1 Å². The maximum Gasteiger partial charge on any atom is 0.337 e. The normalized spacial score (nSPS) is 17.5. The summed E-state index contributed by atoms with van der Waals surface area (Å²) in [6.07, 6.45) is 0. The van der Waals surface area contributed by atoms with Crippen LogP contribution in [-0.2, 0) is 33.1 Å². The van der Waals surface area contributed by atoms with Crippen molar-refractivity contribution >= 4 is 17.6 Å². The number of fused-ring (bicyclic) bond motifs is 1. The molecule has 0 unspecified atom stereocenters. The molecule has 150 valence electrons. The molecule has 1 N–H and O–H groups in total. The van der Waals surface area contributed by atoms with Gasteiger partial charge in [-0.05, 0) is 17.2 Å². The molecule has 5 nitrogen and oxygen atoms in total. The van der Waals surface area contributed by atoms with Crippen molar-refractivity contribution in [1.29, 1.82) is 0 Å². The summed E-state index contributed by atoms with van der Waals surface area (Å²) >= 11 is 0. The van der Waals surface area contributed by atoms with Gasteiger partial charge < -0.3 is 14.7 Å². The molecule has 3 aromatic carbocycles. The number of esters is 1. The molecule has 0 saturated heterocycles. The third-order valence-electron chi connectivity index (χ3n) is 5.22. The van der Waals surface area contributed by atoms with Crippen molar-refractivity contribution in [1.82, 2.24) is 0 Å². The number of hydrogen-bond donors (Lipinski definition) is 1. The van der Waals surface area contributed by atoms with Gasteiger partial charge in [-0.3, -0.25) is 4.79 Å². The molecule has 1 atom stereocenters. The molecule has 1 aliphatic heterocycles. The molecule has 0 aromatic heterocycles. The highest BCUT2D eigenvalue weighted by molar-refractivity contribution is 6.13. The fourth-order valence-electron chi connectivity index (χ4n) is 3.61. The Hall–Kier alpha value is -3.70. The van der Waals surface area contributed by atoms with Crippen LogP contribution in [0.1, 0.15) is 16.7 Å². The van der Waals surface area contributed by atoms with E-state index in [2.05, 4.69) is 6.58 Å². The lowest BCUT2D eigenvalue weighted by Gasteiger charge is -2.24. The predicted octanol–water partition coefficient (Wildman–Crippen LogP) is 3.72. The average Bonchev–Trinajstić information content (AvgIpc) is 3.01. The number of benzene rings is 3. The quantitative estimate of drug-likeness (QED) is 0.507.